The van der Waals surface area contributed by atoms with E-state index in [0.29, 0.717) is 0 Å². The summed E-state index contributed by atoms with van der Waals surface area (Å²) in [7, 11) is 0. The van der Waals surface area contributed by atoms with E-state index in [0.717, 1.165) is 28.4 Å². The number of hydrogen-bond acceptors (Lipinski definition) is 1. The van der Waals surface area contributed by atoms with Gasteiger partial charge in [-0.1, -0.05) is 158 Å². The second kappa shape index (κ2) is 13.6. The predicted molar refractivity (Wildman–Crippen MR) is 241 cm³/mol. The summed E-state index contributed by atoms with van der Waals surface area (Å²) in [5.41, 5.74) is 15.0. The first-order valence-corrected chi connectivity index (χ1v) is 19.5. The van der Waals surface area contributed by atoms with Crippen molar-refractivity contribution in [2.45, 2.75) is 0 Å². The molecule has 0 saturated heterocycles. The fraction of sp³-hybridized carbons (Fsp3) is 0. The molecule has 0 aliphatic heterocycles. The predicted octanol–water partition coefficient (Wildman–Crippen LogP) is 14.7. The lowest BCUT2D eigenvalue weighted by Gasteiger charge is -2.28. The van der Waals surface area contributed by atoms with Crippen molar-refractivity contribution in [1.82, 2.24) is 9.13 Å². The highest BCUT2D eigenvalue weighted by molar-refractivity contribution is 6.14. The molecule has 0 spiro atoms. The van der Waals surface area contributed by atoms with Gasteiger partial charge in [0.15, 0.2) is 0 Å². The SMILES string of the molecule is c1ccc(-c2ccccc2N(c2ccc(-c3cccc4c5ccccc5n(-c5ccccc5)c34)cc2)c2cccc(-n3c4ccccc4c4ccccc43)c2)cc1. The van der Waals surface area contributed by atoms with Crippen LogP contribution in [0.1, 0.15) is 0 Å². The van der Waals surface area contributed by atoms with E-state index >= 15 is 0 Å². The fourth-order valence-electron chi connectivity index (χ4n) is 8.82. The van der Waals surface area contributed by atoms with Gasteiger partial charge in [-0.2, -0.15) is 0 Å². The number of anilines is 3. The molecular formula is C54H37N3. The standard InChI is InChI=1S/C54H37N3/c1-3-17-38(18-4-1)44-23-7-11-29-50(44)55(42-21-15-22-43(37-42)56-51-30-12-8-24-46(51)47-25-9-13-31-52(47)56)41-35-33-39(34-36-41)45-27-16-28-49-48-26-10-14-32-53(48)57(54(45)49)40-19-5-2-6-20-40/h1-37H. The Kier molecular flexibility index (Phi) is 7.82. The van der Waals surface area contributed by atoms with Gasteiger partial charge in [-0.15, -0.1) is 0 Å². The Hall–Kier alpha value is -7.62. The summed E-state index contributed by atoms with van der Waals surface area (Å²) in [6.45, 7) is 0. The number of nitrogens with zero attached hydrogens (tertiary/aromatic N) is 3. The number of rotatable bonds is 7. The molecule has 0 N–H and O–H groups in total. The van der Waals surface area contributed by atoms with Crippen molar-refractivity contribution in [3.8, 4) is 33.6 Å². The average Bonchev–Trinajstić information content (AvgIpc) is 3.81. The van der Waals surface area contributed by atoms with Gasteiger partial charge in [0.25, 0.3) is 0 Å². The third kappa shape index (κ3) is 5.43. The van der Waals surface area contributed by atoms with Gasteiger partial charge in [0.05, 0.1) is 27.8 Å². The Morgan fingerprint density at radius 2 is 0.789 bits per heavy atom. The Balaban J connectivity index is 1.10. The molecule has 11 rings (SSSR count). The summed E-state index contributed by atoms with van der Waals surface area (Å²) >= 11 is 0. The molecule has 0 atom stereocenters. The molecule has 0 radical (unpaired) electrons. The van der Waals surface area contributed by atoms with Crippen LogP contribution in [-0.4, -0.2) is 9.13 Å². The van der Waals surface area contributed by atoms with Crippen LogP contribution in [0.4, 0.5) is 17.1 Å². The summed E-state index contributed by atoms with van der Waals surface area (Å²) in [5, 5.41) is 5.00. The van der Waals surface area contributed by atoms with Gasteiger partial charge in [0.2, 0.25) is 0 Å². The Morgan fingerprint density at radius 3 is 1.49 bits per heavy atom. The van der Waals surface area contributed by atoms with Crippen LogP contribution in [-0.2, 0) is 0 Å². The highest BCUT2D eigenvalue weighted by Crippen LogP contribution is 2.44. The van der Waals surface area contributed by atoms with E-state index in [1.807, 2.05) is 0 Å². The maximum Gasteiger partial charge on any atom is 0.0619 e. The molecule has 3 heteroatoms. The van der Waals surface area contributed by atoms with Gasteiger partial charge in [0, 0.05) is 55.4 Å². The van der Waals surface area contributed by atoms with Gasteiger partial charge in [-0.3, -0.25) is 0 Å². The summed E-state index contributed by atoms with van der Waals surface area (Å²) in [6.07, 6.45) is 0. The second-order valence-electron chi connectivity index (χ2n) is 14.5. The van der Waals surface area contributed by atoms with Crippen LogP contribution in [0.15, 0.2) is 224 Å². The van der Waals surface area contributed by atoms with E-state index in [4.69, 9.17) is 0 Å². The number of para-hydroxylation sites is 6. The van der Waals surface area contributed by atoms with Gasteiger partial charge < -0.3 is 14.0 Å². The zero-order valence-corrected chi connectivity index (χ0v) is 31.2. The molecule has 9 aromatic carbocycles. The van der Waals surface area contributed by atoms with Crippen molar-refractivity contribution in [1.29, 1.82) is 0 Å². The first-order chi connectivity index (χ1) is 28.3. The maximum absolute atomic E-state index is 2.41. The van der Waals surface area contributed by atoms with Crippen molar-refractivity contribution in [3.05, 3.63) is 224 Å². The van der Waals surface area contributed by atoms with Crippen molar-refractivity contribution in [3.63, 3.8) is 0 Å². The molecule has 0 bridgehead atoms. The monoisotopic (exact) mass is 727 g/mol. The third-order valence-corrected chi connectivity index (χ3v) is 11.3. The molecule has 2 aromatic heterocycles. The van der Waals surface area contributed by atoms with Crippen LogP contribution in [0.2, 0.25) is 0 Å². The number of fused-ring (bicyclic) bond motifs is 6. The minimum atomic E-state index is 1.08. The lowest BCUT2D eigenvalue weighted by atomic mass is 10.00. The normalized spacial score (nSPS) is 11.5. The largest absolute Gasteiger partial charge is 0.310 e. The number of benzene rings is 9. The molecule has 11 aromatic rings. The highest BCUT2D eigenvalue weighted by atomic mass is 15.1. The van der Waals surface area contributed by atoms with E-state index in [1.54, 1.807) is 0 Å². The molecule has 268 valence electrons. The summed E-state index contributed by atoms with van der Waals surface area (Å²) in [5.74, 6) is 0. The van der Waals surface area contributed by atoms with Gasteiger partial charge in [-0.05, 0) is 77.9 Å². The van der Waals surface area contributed by atoms with Crippen molar-refractivity contribution < 1.29 is 0 Å². The van der Waals surface area contributed by atoms with Crippen LogP contribution in [0, 0.1) is 0 Å². The van der Waals surface area contributed by atoms with Crippen LogP contribution >= 0.6 is 0 Å². The first kappa shape index (κ1) is 32.8. The van der Waals surface area contributed by atoms with Gasteiger partial charge in [-0.25, -0.2) is 0 Å². The zero-order chi connectivity index (χ0) is 37.7. The van der Waals surface area contributed by atoms with Crippen molar-refractivity contribution in [2.75, 3.05) is 4.90 Å². The molecule has 0 fully saturated rings. The lowest BCUT2D eigenvalue weighted by molar-refractivity contribution is 1.17. The highest BCUT2D eigenvalue weighted by Gasteiger charge is 2.21. The molecule has 57 heavy (non-hydrogen) atoms. The van der Waals surface area contributed by atoms with Gasteiger partial charge in [0.1, 0.15) is 0 Å². The number of aromatic nitrogens is 2. The van der Waals surface area contributed by atoms with E-state index in [-0.39, 0.29) is 0 Å². The molecule has 0 unspecified atom stereocenters. The molecule has 0 aliphatic rings. The summed E-state index contributed by atoms with van der Waals surface area (Å²) in [4.78, 5) is 2.41. The molecule has 2 heterocycles. The summed E-state index contributed by atoms with van der Waals surface area (Å²) < 4.78 is 4.81. The quantitative estimate of drug-likeness (QED) is 0.159. The first-order valence-electron chi connectivity index (χ1n) is 19.5. The number of hydrogen-bond donors (Lipinski definition) is 0. The fourth-order valence-corrected chi connectivity index (χ4v) is 8.82. The maximum atomic E-state index is 2.41. The van der Waals surface area contributed by atoms with Crippen molar-refractivity contribution >= 4 is 60.7 Å². The Morgan fingerprint density at radius 1 is 0.298 bits per heavy atom. The Labute approximate surface area is 331 Å². The van der Waals surface area contributed by atoms with E-state index in [1.165, 1.54) is 65.9 Å². The van der Waals surface area contributed by atoms with Crippen molar-refractivity contribution in [2.24, 2.45) is 0 Å². The van der Waals surface area contributed by atoms with Crippen LogP contribution < -0.4 is 4.90 Å². The minimum absolute atomic E-state index is 1.08. The van der Waals surface area contributed by atoms with Gasteiger partial charge >= 0.3 is 0 Å². The van der Waals surface area contributed by atoms with E-state index < -0.39 is 0 Å². The second-order valence-corrected chi connectivity index (χ2v) is 14.5. The Bertz CT molecular complexity index is 3170. The summed E-state index contributed by atoms with van der Waals surface area (Å²) in [6, 6.07) is 81.1. The molecule has 0 saturated carbocycles. The van der Waals surface area contributed by atoms with Crippen LogP contribution in [0.25, 0.3) is 77.2 Å². The molecular weight excluding hydrogens is 691 g/mol. The van der Waals surface area contributed by atoms with E-state index in [2.05, 4.69) is 238 Å². The third-order valence-electron chi connectivity index (χ3n) is 11.3. The lowest BCUT2D eigenvalue weighted by Crippen LogP contribution is -2.11. The van der Waals surface area contributed by atoms with Crippen LogP contribution in [0.3, 0.4) is 0 Å². The molecule has 0 aliphatic carbocycles. The average molecular weight is 728 g/mol. The zero-order valence-electron chi connectivity index (χ0n) is 31.2. The van der Waals surface area contributed by atoms with Crippen LogP contribution in [0.5, 0.6) is 0 Å². The minimum Gasteiger partial charge on any atom is -0.310 e. The topological polar surface area (TPSA) is 13.1 Å². The molecule has 0 amide bonds. The molecule has 3 nitrogen and oxygen atoms in total. The smallest absolute Gasteiger partial charge is 0.0619 e. The van der Waals surface area contributed by atoms with E-state index in [9.17, 15) is 0 Å².